The number of H-pyrrole nitrogens is 1. The molecule has 0 radical (unpaired) electrons. The number of amides is 4. The number of carbonyl (C=O) groups is 3. The molecule has 0 saturated carbocycles. The minimum Gasteiger partial charge on any atom is -0.340 e. The van der Waals surface area contributed by atoms with E-state index in [1.165, 1.54) is 4.90 Å². The molecule has 8 nitrogen and oxygen atoms in total. The number of imide groups is 1. The zero-order valence-corrected chi connectivity index (χ0v) is 16.2. The molecule has 1 saturated heterocycles. The molecule has 3 aromatic rings. The van der Waals surface area contributed by atoms with Gasteiger partial charge in [-0.2, -0.15) is 0 Å². The summed E-state index contributed by atoms with van der Waals surface area (Å²) in [6.07, 6.45) is 0.473. The van der Waals surface area contributed by atoms with Gasteiger partial charge in [0, 0.05) is 18.5 Å². The summed E-state index contributed by atoms with van der Waals surface area (Å²) >= 11 is 0. The number of rotatable bonds is 4. The van der Waals surface area contributed by atoms with Crippen molar-refractivity contribution < 1.29 is 14.4 Å². The average molecular weight is 391 g/mol. The molecule has 0 unspecified atom stereocenters. The molecule has 148 valence electrons. The summed E-state index contributed by atoms with van der Waals surface area (Å²) in [7, 11) is 0. The number of anilines is 2. The Morgan fingerprint density at radius 2 is 1.86 bits per heavy atom. The fraction of sp³-hybridized carbons (Fsp3) is 0.238. The molecule has 8 heteroatoms. The molecule has 4 rings (SSSR count). The second kappa shape index (κ2) is 7.38. The van der Waals surface area contributed by atoms with Gasteiger partial charge in [0.05, 0.1) is 22.8 Å². The molecular weight excluding hydrogens is 370 g/mol. The van der Waals surface area contributed by atoms with E-state index in [2.05, 4.69) is 20.6 Å². The van der Waals surface area contributed by atoms with E-state index >= 15 is 0 Å². The van der Waals surface area contributed by atoms with Gasteiger partial charge in [0.25, 0.3) is 0 Å². The van der Waals surface area contributed by atoms with Crippen LogP contribution in [0.25, 0.3) is 11.0 Å². The predicted molar refractivity (Wildman–Crippen MR) is 110 cm³/mol. The highest BCUT2D eigenvalue weighted by molar-refractivity contribution is 6.20. The van der Waals surface area contributed by atoms with E-state index in [-0.39, 0.29) is 36.7 Å². The first-order valence-corrected chi connectivity index (χ1v) is 9.41. The summed E-state index contributed by atoms with van der Waals surface area (Å²) in [5, 5.41) is 5.62. The third kappa shape index (κ3) is 3.69. The zero-order chi connectivity index (χ0) is 20.5. The van der Waals surface area contributed by atoms with Crippen molar-refractivity contribution in [2.75, 3.05) is 10.2 Å². The highest BCUT2D eigenvalue weighted by atomic mass is 16.2. The van der Waals surface area contributed by atoms with Crippen LogP contribution in [0.3, 0.4) is 0 Å². The number of aromatic amines is 1. The van der Waals surface area contributed by atoms with Gasteiger partial charge in [-0.25, -0.2) is 9.78 Å². The maximum atomic E-state index is 12.4. The number of imidazole rings is 1. The molecule has 1 atom stereocenters. The van der Waals surface area contributed by atoms with Gasteiger partial charge in [-0.1, -0.05) is 12.1 Å². The fourth-order valence-electron chi connectivity index (χ4n) is 3.44. The Morgan fingerprint density at radius 1 is 1.14 bits per heavy atom. The number of benzene rings is 2. The first-order valence-electron chi connectivity index (χ1n) is 9.41. The van der Waals surface area contributed by atoms with Crippen molar-refractivity contribution in [3.63, 3.8) is 0 Å². The van der Waals surface area contributed by atoms with Crippen LogP contribution >= 0.6 is 0 Å². The summed E-state index contributed by atoms with van der Waals surface area (Å²) in [5.41, 5.74) is 3.61. The summed E-state index contributed by atoms with van der Waals surface area (Å²) in [4.78, 5) is 45.2. The molecule has 4 amide bonds. The SMILES string of the molecule is Cc1cc(NC(=O)N[C@@H](C)c2nc3ccccc3[nH]2)ccc1N1C(=O)CCC1=O. The number of aryl methyl sites for hydroxylation is 1. The molecule has 1 aliphatic heterocycles. The van der Waals surface area contributed by atoms with Gasteiger partial charge in [-0.3, -0.25) is 14.5 Å². The minimum atomic E-state index is -0.376. The van der Waals surface area contributed by atoms with E-state index in [1.54, 1.807) is 25.1 Å². The van der Waals surface area contributed by atoms with E-state index in [0.29, 0.717) is 17.2 Å². The van der Waals surface area contributed by atoms with Crippen molar-refractivity contribution in [1.29, 1.82) is 0 Å². The number of fused-ring (bicyclic) bond motifs is 1. The first-order chi connectivity index (χ1) is 13.9. The highest BCUT2D eigenvalue weighted by Gasteiger charge is 2.31. The average Bonchev–Trinajstić information content (AvgIpc) is 3.26. The number of aromatic nitrogens is 2. The van der Waals surface area contributed by atoms with Gasteiger partial charge < -0.3 is 15.6 Å². The lowest BCUT2D eigenvalue weighted by molar-refractivity contribution is -0.121. The topological polar surface area (TPSA) is 107 Å². The standard InChI is InChI=1S/C21H21N5O3/c1-12-11-14(7-8-17(12)26-18(27)9-10-19(26)28)23-21(29)22-13(2)20-24-15-5-3-4-6-16(15)25-20/h3-8,11,13H,9-10H2,1-2H3,(H,24,25)(H2,22,23,29)/t13-/m0/s1. The Morgan fingerprint density at radius 3 is 2.55 bits per heavy atom. The van der Waals surface area contributed by atoms with Gasteiger partial charge in [0.15, 0.2) is 0 Å². The van der Waals surface area contributed by atoms with Gasteiger partial charge in [0.2, 0.25) is 11.8 Å². The van der Waals surface area contributed by atoms with Crippen LogP contribution in [0, 0.1) is 6.92 Å². The van der Waals surface area contributed by atoms with Gasteiger partial charge in [-0.15, -0.1) is 0 Å². The number of nitrogens with one attached hydrogen (secondary N) is 3. The lowest BCUT2D eigenvalue weighted by atomic mass is 10.1. The van der Waals surface area contributed by atoms with Gasteiger partial charge >= 0.3 is 6.03 Å². The molecule has 3 N–H and O–H groups in total. The lowest BCUT2D eigenvalue weighted by Gasteiger charge is -2.18. The highest BCUT2D eigenvalue weighted by Crippen LogP contribution is 2.28. The van der Waals surface area contributed by atoms with Crippen molar-refractivity contribution in [2.24, 2.45) is 0 Å². The summed E-state index contributed by atoms with van der Waals surface area (Å²) in [5.74, 6) is 0.270. The van der Waals surface area contributed by atoms with Crippen molar-refractivity contribution in [3.8, 4) is 0 Å². The van der Waals surface area contributed by atoms with Crippen LogP contribution in [0.15, 0.2) is 42.5 Å². The van der Waals surface area contributed by atoms with Crippen LogP contribution < -0.4 is 15.5 Å². The smallest absolute Gasteiger partial charge is 0.319 e. The number of hydrogen-bond acceptors (Lipinski definition) is 4. The van der Waals surface area contributed by atoms with Crippen LogP contribution in [-0.2, 0) is 9.59 Å². The summed E-state index contributed by atoms with van der Waals surface area (Å²) < 4.78 is 0. The van der Waals surface area contributed by atoms with E-state index < -0.39 is 0 Å². The number of nitrogens with zero attached hydrogens (tertiary/aromatic N) is 2. The Bertz CT molecular complexity index is 1070. The Hall–Kier alpha value is -3.68. The fourth-order valence-corrected chi connectivity index (χ4v) is 3.44. The number of hydrogen-bond donors (Lipinski definition) is 3. The quantitative estimate of drug-likeness (QED) is 0.592. The first kappa shape index (κ1) is 18.7. The summed E-state index contributed by atoms with van der Waals surface area (Å²) in [6.45, 7) is 3.64. The van der Waals surface area contributed by atoms with E-state index in [1.807, 2.05) is 31.2 Å². The summed E-state index contributed by atoms with van der Waals surface area (Å²) in [6, 6.07) is 12.1. The number of urea groups is 1. The molecule has 1 aliphatic rings. The second-order valence-electron chi connectivity index (χ2n) is 7.08. The molecule has 29 heavy (non-hydrogen) atoms. The lowest BCUT2D eigenvalue weighted by Crippen LogP contribution is -2.32. The third-order valence-corrected chi connectivity index (χ3v) is 4.91. The van der Waals surface area contributed by atoms with Crippen molar-refractivity contribution in [2.45, 2.75) is 32.7 Å². The van der Waals surface area contributed by atoms with Crippen molar-refractivity contribution in [3.05, 3.63) is 53.9 Å². The number of carbonyl (C=O) groups excluding carboxylic acids is 3. The van der Waals surface area contributed by atoms with Crippen LogP contribution in [-0.4, -0.2) is 27.8 Å². The van der Waals surface area contributed by atoms with Crippen molar-refractivity contribution in [1.82, 2.24) is 15.3 Å². The van der Waals surface area contributed by atoms with Crippen LogP contribution in [0.1, 0.15) is 37.2 Å². The van der Waals surface area contributed by atoms with Crippen LogP contribution in [0.2, 0.25) is 0 Å². The van der Waals surface area contributed by atoms with Crippen molar-refractivity contribution >= 4 is 40.3 Å². The van der Waals surface area contributed by atoms with Crippen LogP contribution in [0.5, 0.6) is 0 Å². The predicted octanol–water partition coefficient (Wildman–Crippen LogP) is 3.41. The normalized spacial score (nSPS) is 15.0. The van der Waals surface area contributed by atoms with Gasteiger partial charge in [-0.05, 0) is 49.7 Å². The van der Waals surface area contributed by atoms with E-state index in [0.717, 1.165) is 16.6 Å². The largest absolute Gasteiger partial charge is 0.340 e. The molecule has 1 aromatic heterocycles. The Labute approximate surface area is 167 Å². The minimum absolute atomic E-state index is 0.198. The molecular formula is C21H21N5O3. The molecule has 0 bridgehead atoms. The molecule has 0 aliphatic carbocycles. The molecule has 2 aromatic carbocycles. The monoisotopic (exact) mass is 391 g/mol. The maximum absolute atomic E-state index is 12.4. The van der Waals surface area contributed by atoms with Crippen LogP contribution in [0.4, 0.5) is 16.2 Å². The molecule has 0 spiro atoms. The number of para-hydroxylation sites is 2. The van der Waals surface area contributed by atoms with Gasteiger partial charge in [0.1, 0.15) is 5.82 Å². The maximum Gasteiger partial charge on any atom is 0.319 e. The second-order valence-corrected chi connectivity index (χ2v) is 7.08. The third-order valence-electron chi connectivity index (χ3n) is 4.91. The van der Waals surface area contributed by atoms with E-state index in [4.69, 9.17) is 0 Å². The zero-order valence-electron chi connectivity index (χ0n) is 16.2. The Kier molecular flexibility index (Phi) is 4.75. The Balaban J connectivity index is 1.43. The molecule has 1 fully saturated rings. The van der Waals surface area contributed by atoms with E-state index in [9.17, 15) is 14.4 Å². The molecule has 2 heterocycles.